The van der Waals surface area contributed by atoms with Crippen molar-refractivity contribution in [3.63, 3.8) is 0 Å². The van der Waals surface area contributed by atoms with E-state index in [2.05, 4.69) is 6.07 Å². The van der Waals surface area contributed by atoms with Crippen molar-refractivity contribution in [1.82, 2.24) is 0 Å². The van der Waals surface area contributed by atoms with Gasteiger partial charge in [0.25, 0.3) is 0 Å². The number of esters is 1. The zero-order chi connectivity index (χ0) is 27.4. The molecule has 0 bridgehead atoms. The largest absolute Gasteiger partial charge is 0.497 e. The van der Waals surface area contributed by atoms with Crippen LogP contribution in [0.1, 0.15) is 38.7 Å². The molecule has 6 nitrogen and oxygen atoms in total. The second-order valence-electron chi connectivity index (χ2n) is 9.79. The summed E-state index contributed by atoms with van der Waals surface area (Å²) in [5.74, 6) is 0.855. The molecule has 198 valence electrons. The first kappa shape index (κ1) is 26.0. The maximum atomic E-state index is 13.6. The van der Waals surface area contributed by atoms with Gasteiger partial charge in [-0.3, -0.25) is 0 Å². The molecule has 0 N–H and O–H groups in total. The number of methoxy groups -OCH3 is 2. The number of nitrogens with zero attached hydrogens (tertiary/aromatic N) is 1. The summed E-state index contributed by atoms with van der Waals surface area (Å²) < 4.78 is 17.5. The monoisotopic (exact) mass is 521 g/mol. The van der Waals surface area contributed by atoms with Crippen LogP contribution in [0, 0.1) is 6.92 Å². The predicted octanol–water partition coefficient (Wildman–Crippen LogP) is 6.07. The zero-order valence-electron chi connectivity index (χ0n) is 22.3. The lowest BCUT2D eigenvalue weighted by Crippen LogP contribution is -2.41. The third-order valence-electron chi connectivity index (χ3n) is 7.18. The summed E-state index contributed by atoms with van der Waals surface area (Å²) in [6.07, 6.45) is 1.30. The SMILES string of the molecule is COc1cc(CC2(OC(=O)c3ccccc3)CN(C(C=O)c3ccccc3)c3ccc(C)cc32)cc(OC)c1. The first-order valence-corrected chi connectivity index (χ1v) is 12.8. The first-order valence-electron chi connectivity index (χ1n) is 12.8. The number of aryl methyl sites for hydroxylation is 1. The van der Waals surface area contributed by atoms with Crippen LogP contribution in [-0.4, -0.2) is 33.0 Å². The lowest BCUT2D eigenvalue weighted by atomic mass is 9.87. The van der Waals surface area contributed by atoms with Gasteiger partial charge in [0.1, 0.15) is 23.8 Å². The van der Waals surface area contributed by atoms with Gasteiger partial charge in [-0.2, -0.15) is 0 Å². The molecular weight excluding hydrogens is 490 g/mol. The Kier molecular flexibility index (Phi) is 7.37. The van der Waals surface area contributed by atoms with Crippen LogP contribution in [0.2, 0.25) is 0 Å². The summed E-state index contributed by atoms with van der Waals surface area (Å²) in [6, 6.07) is 29.8. The fourth-order valence-electron chi connectivity index (χ4n) is 5.32. The van der Waals surface area contributed by atoms with Crippen molar-refractivity contribution in [2.24, 2.45) is 0 Å². The van der Waals surface area contributed by atoms with Gasteiger partial charge in [0.15, 0.2) is 5.60 Å². The highest BCUT2D eigenvalue weighted by Gasteiger charge is 2.48. The summed E-state index contributed by atoms with van der Waals surface area (Å²) in [4.78, 5) is 28.2. The molecule has 0 fully saturated rings. The van der Waals surface area contributed by atoms with E-state index in [0.717, 1.165) is 34.2 Å². The lowest BCUT2D eigenvalue weighted by Gasteiger charge is -2.33. The predicted molar refractivity (Wildman–Crippen MR) is 151 cm³/mol. The standard InChI is InChI=1S/C33H31NO5/c1-23-14-15-30-29(16-23)33(39-32(36)26-12-8-5-9-13-26,20-24-17-27(37-2)19-28(18-24)38-3)22-34(30)31(21-35)25-10-6-4-7-11-25/h4-19,21,31H,20,22H2,1-3H3. The van der Waals surface area contributed by atoms with Crippen molar-refractivity contribution >= 4 is 17.9 Å². The molecule has 4 aromatic rings. The first-order chi connectivity index (χ1) is 19.0. The summed E-state index contributed by atoms with van der Waals surface area (Å²) >= 11 is 0. The van der Waals surface area contributed by atoms with Crippen molar-refractivity contribution in [1.29, 1.82) is 0 Å². The molecule has 2 atom stereocenters. The van der Waals surface area contributed by atoms with E-state index < -0.39 is 17.6 Å². The van der Waals surface area contributed by atoms with E-state index in [0.29, 0.717) is 30.0 Å². The van der Waals surface area contributed by atoms with E-state index in [1.165, 1.54) is 0 Å². The van der Waals surface area contributed by atoms with E-state index in [-0.39, 0.29) is 0 Å². The third-order valence-corrected chi connectivity index (χ3v) is 7.18. The summed E-state index contributed by atoms with van der Waals surface area (Å²) in [6.45, 7) is 2.30. The molecule has 0 amide bonds. The molecule has 6 heteroatoms. The Morgan fingerprint density at radius 2 is 1.54 bits per heavy atom. The number of carbonyl (C=O) groups is 2. The fraction of sp³-hybridized carbons (Fsp3) is 0.212. The Hall–Kier alpha value is -4.58. The van der Waals surface area contributed by atoms with E-state index in [9.17, 15) is 9.59 Å². The number of benzene rings is 4. The maximum Gasteiger partial charge on any atom is 0.339 e. The van der Waals surface area contributed by atoms with Crippen molar-refractivity contribution < 1.29 is 23.8 Å². The van der Waals surface area contributed by atoms with Gasteiger partial charge >= 0.3 is 5.97 Å². The number of aldehydes is 1. The quantitative estimate of drug-likeness (QED) is 0.197. The molecule has 1 aliphatic heterocycles. The molecule has 0 spiro atoms. The molecule has 0 aliphatic carbocycles. The number of fused-ring (bicyclic) bond motifs is 1. The van der Waals surface area contributed by atoms with Crippen LogP contribution in [0.25, 0.3) is 0 Å². The molecule has 0 saturated heterocycles. The summed E-state index contributed by atoms with van der Waals surface area (Å²) in [7, 11) is 3.21. The third kappa shape index (κ3) is 5.23. The highest BCUT2D eigenvalue weighted by Crippen LogP contribution is 2.48. The van der Waals surface area contributed by atoms with Gasteiger partial charge in [-0.05, 0) is 54.4 Å². The van der Waals surface area contributed by atoms with Crippen LogP contribution in [0.15, 0.2) is 97.1 Å². The van der Waals surface area contributed by atoms with Gasteiger partial charge < -0.3 is 23.9 Å². The molecule has 39 heavy (non-hydrogen) atoms. The summed E-state index contributed by atoms with van der Waals surface area (Å²) in [5, 5.41) is 0. The highest BCUT2D eigenvalue weighted by atomic mass is 16.6. The van der Waals surface area contributed by atoms with Gasteiger partial charge in [-0.15, -0.1) is 0 Å². The number of rotatable bonds is 9. The Balaban J connectivity index is 1.66. The van der Waals surface area contributed by atoms with Crippen molar-refractivity contribution in [3.8, 4) is 11.5 Å². The van der Waals surface area contributed by atoms with Crippen molar-refractivity contribution in [3.05, 3.63) is 125 Å². The number of hydrogen-bond donors (Lipinski definition) is 0. The summed E-state index contributed by atoms with van der Waals surface area (Å²) in [5.41, 5.74) is 3.87. The van der Waals surface area contributed by atoms with Gasteiger partial charge in [0.05, 0.1) is 26.3 Å². The van der Waals surface area contributed by atoms with Crippen LogP contribution in [0.3, 0.4) is 0 Å². The molecule has 0 aromatic heterocycles. The highest BCUT2D eigenvalue weighted by molar-refractivity contribution is 5.90. The molecular formula is C33H31NO5. The zero-order valence-corrected chi connectivity index (χ0v) is 22.3. The second-order valence-corrected chi connectivity index (χ2v) is 9.79. The number of carbonyl (C=O) groups excluding carboxylic acids is 2. The lowest BCUT2D eigenvalue weighted by molar-refractivity contribution is -0.109. The number of hydrogen-bond acceptors (Lipinski definition) is 6. The molecule has 0 radical (unpaired) electrons. The Labute approximate surface area is 228 Å². The van der Waals surface area contributed by atoms with E-state index in [1.54, 1.807) is 26.4 Å². The topological polar surface area (TPSA) is 65.1 Å². The van der Waals surface area contributed by atoms with Crippen LogP contribution < -0.4 is 14.4 Å². The number of anilines is 1. The van der Waals surface area contributed by atoms with Crippen LogP contribution in [-0.2, 0) is 21.6 Å². The van der Waals surface area contributed by atoms with Crippen LogP contribution in [0.5, 0.6) is 11.5 Å². The molecule has 4 aromatic carbocycles. The molecule has 1 heterocycles. The smallest absolute Gasteiger partial charge is 0.339 e. The van der Waals surface area contributed by atoms with E-state index in [1.807, 2.05) is 90.7 Å². The molecule has 1 aliphatic rings. The average molecular weight is 522 g/mol. The van der Waals surface area contributed by atoms with Gasteiger partial charge in [-0.1, -0.05) is 60.2 Å². The Morgan fingerprint density at radius 3 is 2.15 bits per heavy atom. The second kappa shape index (κ2) is 11.0. The number of ether oxygens (including phenoxy) is 3. The Bertz CT molecular complexity index is 1450. The average Bonchev–Trinajstić information content (AvgIpc) is 3.26. The van der Waals surface area contributed by atoms with E-state index in [4.69, 9.17) is 14.2 Å². The van der Waals surface area contributed by atoms with Gasteiger partial charge in [0.2, 0.25) is 0 Å². The molecule has 0 saturated carbocycles. The van der Waals surface area contributed by atoms with Gasteiger partial charge in [0, 0.05) is 23.7 Å². The van der Waals surface area contributed by atoms with E-state index >= 15 is 0 Å². The van der Waals surface area contributed by atoms with Crippen LogP contribution >= 0.6 is 0 Å². The van der Waals surface area contributed by atoms with Crippen molar-refractivity contribution in [2.75, 3.05) is 25.7 Å². The Morgan fingerprint density at radius 1 is 0.897 bits per heavy atom. The molecule has 2 unspecified atom stereocenters. The van der Waals surface area contributed by atoms with Gasteiger partial charge in [-0.25, -0.2) is 4.79 Å². The van der Waals surface area contributed by atoms with Crippen LogP contribution in [0.4, 0.5) is 5.69 Å². The fourth-order valence-corrected chi connectivity index (χ4v) is 5.32. The van der Waals surface area contributed by atoms with Crippen molar-refractivity contribution in [2.45, 2.75) is 25.0 Å². The molecule has 5 rings (SSSR count). The minimum atomic E-state index is -1.08. The normalized spacial score (nSPS) is 16.7. The minimum absolute atomic E-state index is 0.294. The minimum Gasteiger partial charge on any atom is -0.497 e. The maximum absolute atomic E-state index is 13.6.